The number of hydrogen-bond acceptors (Lipinski definition) is 4. The van der Waals surface area contributed by atoms with E-state index >= 15 is 0 Å². The third-order valence-corrected chi connectivity index (χ3v) is 3.69. The highest BCUT2D eigenvalue weighted by Crippen LogP contribution is 2.26. The summed E-state index contributed by atoms with van der Waals surface area (Å²) in [6, 6.07) is 11.6. The zero-order valence-electron chi connectivity index (χ0n) is 12.4. The van der Waals surface area contributed by atoms with Crippen molar-refractivity contribution in [1.82, 2.24) is 0 Å². The van der Waals surface area contributed by atoms with Crippen LogP contribution in [0.5, 0.6) is 11.5 Å². The molecule has 0 amide bonds. The molecule has 0 fully saturated rings. The molecule has 120 valence electrons. The van der Waals surface area contributed by atoms with Crippen molar-refractivity contribution >= 4 is 27.9 Å². The van der Waals surface area contributed by atoms with Crippen LogP contribution in [0, 0.1) is 0 Å². The first-order chi connectivity index (χ1) is 11.0. The van der Waals surface area contributed by atoms with Crippen molar-refractivity contribution < 1.29 is 24.2 Å². The minimum Gasteiger partial charge on any atom is -0.482 e. The van der Waals surface area contributed by atoms with Gasteiger partial charge < -0.3 is 14.6 Å². The van der Waals surface area contributed by atoms with E-state index in [1.54, 1.807) is 6.07 Å². The zero-order valence-corrected chi connectivity index (χ0v) is 14.0. The van der Waals surface area contributed by atoms with Crippen LogP contribution in [0.15, 0.2) is 46.9 Å². The van der Waals surface area contributed by atoms with Crippen molar-refractivity contribution in [2.75, 3.05) is 6.61 Å². The standard InChI is InChI=1S/C17H15BrO5/c1-2-11-4-3-5-13(8-11)22-10-16(19)23-15-7-6-12(17(20)21)9-14(15)18/h3-9H,2,10H2,1H3,(H,20,21). The second-order valence-corrected chi connectivity index (χ2v) is 5.57. The van der Waals surface area contributed by atoms with Gasteiger partial charge in [-0.3, -0.25) is 0 Å². The Morgan fingerprint density at radius 3 is 2.61 bits per heavy atom. The molecular formula is C17H15BrO5. The molecule has 2 rings (SSSR count). The van der Waals surface area contributed by atoms with E-state index in [9.17, 15) is 9.59 Å². The van der Waals surface area contributed by atoms with Crippen molar-refractivity contribution in [1.29, 1.82) is 0 Å². The van der Waals surface area contributed by atoms with Gasteiger partial charge in [-0.2, -0.15) is 0 Å². The Kier molecular flexibility index (Phi) is 5.76. The molecule has 5 nitrogen and oxygen atoms in total. The molecule has 23 heavy (non-hydrogen) atoms. The lowest BCUT2D eigenvalue weighted by Gasteiger charge is -2.09. The van der Waals surface area contributed by atoms with Crippen LogP contribution in [0.1, 0.15) is 22.8 Å². The van der Waals surface area contributed by atoms with Crippen molar-refractivity contribution in [2.45, 2.75) is 13.3 Å². The lowest BCUT2D eigenvalue weighted by molar-refractivity contribution is -0.136. The highest BCUT2D eigenvalue weighted by molar-refractivity contribution is 9.10. The van der Waals surface area contributed by atoms with Gasteiger partial charge in [0, 0.05) is 0 Å². The smallest absolute Gasteiger partial charge is 0.349 e. The molecule has 0 saturated carbocycles. The van der Waals surface area contributed by atoms with Gasteiger partial charge in [0.1, 0.15) is 11.5 Å². The van der Waals surface area contributed by atoms with E-state index in [2.05, 4.69) is 15.9 Å². The van der Waals surface area contributed by atoms with Crippen LogP contribution in [0.25, 0.3) is 0 Å². The fourth-order valence-electron chi connectivity index (χ4n) is 1.87. The summed E-state index contributed by atoms with van der Waals surface area (Å²) in [5.41, 5.74) is 1.21. The molecule has 0 aliphatic heterocycles. The summed E-state index contributed by atoms with van der Waals surface area (Å²) in [7, 11) is 0. The maximum absolute atomic E-state index is 11.8. The number of benzene rings is 2. The van der Waals surface area contributed by atoms with Gasteiger partial charge in [0.05, 0.1) is 10.0 Å². The minimum atomic E-state index is -1.05. The fourth-order valence-corrected chi connectivity index (χ4v) is 2.33. The van der Waals surface area contributed by atoms with Crippen LogP contribution in [0.3, 0.4) is 0 Å². The van der Waals surface area contributed by atoms with Crippen molar-refractivity contribution in [3.63, 3.8) is 0 Å². The Hall–Kier alpha value is -2.34. The number of halogens is 1. The van der Waals surface area contributed by atoms with Gasteiger partial charge in [-0.05, 0) is 58.2 Å². The third-order valence-electron chi connectivity index (χ3n) is 3.07. The third kappa shape index (κ3) is 4.82. The molecule has 2 aromatic rings. The lowest BCUT2D eigenvalue weighted by atomic mass is 10.2. The fraction of sp³-hybridized carbons (Fsp3) is 0.176. The van der Waals surface area contributed by atoms with Crippen LogP contribution in [0.2, 0.25) is 0 Å². The number of carboxylic acid groups (broad SMARTS) is 1. The molecule has 2 aromatic carbocycles. The summed E-state index contributed by atoms with van der Waals surface area (Å²) in [5.74, 6) is -0.786. The first kappa shape index (κ1) is 17.0. The van der Waals surface area contributed by atoms with Gasteiger partial charge in [0.2, 0.25) is 0 Å². The summed E-state index contributed by atoms with van der Waals surface area (Å²) in [4.78, 5) is 22.7. The SMILES string of the molecule is CCc1cccc(OCC(=O)Oc2ccc(C(=O)O)cc2Br)c1. The van der Waals surface area contributed by atoms with Crippen LogP contribution < -0.4 is 9.47 Å². The van der Waals surface area contributed by atoms with E-state index in [1.165, 1.54) is 18.2 Å². The normalized spacial score (nSPS) is 10.2. The average Bonchev–Trinajstić information content (AvgIpc) is 2.55. The lowest BCUT2D eigenvalue weighted by Crippen LogP contribution is -2.18. The zero-order chi connectivity index (χ0) is 16.8. The summed E-state index contributed by atoms with van der Waals surface area (Å²) in [5, 5.41) is 8.89. The molecule has 0 atom stereocenters. The molecule has 0 aliphatic rings. The number of aromatic carboxylic acids is 1. The Balaban J connectivity index is 1.95. The van der Waals surface area contributed by atoms with Crippen molar-refractivity contribution in [3.8, 4) is 11.5 Å². The topological polar surface area (TPSA) is 72.8 Å². The number of hydrogen-bond donors (Lipinski definition) is 1. The van der Waals surface area contributed by atoms with E-state index in [1.807, 2.05) is 25.1 Å². The molecule has 0 aliphatic carbocycles. The number of carbonyl (C=O) groups is 2. The van der Waals surface area contributed by atoms with Crippen LogP contribution in [-0.4, -0.2) is 23.7 Å². The molecule has 0 bridgehead atoms. The van der Waals surface area contributed by atoms with E-state index in [0.29, 0.717) is 10.2 Å². The maximum atomic E-state index is 11.8. The predicted molar refractivity (Wildman–Crippen MR) is 88.1 cm³/mol. The largest absolute Gasteiger partial charge is 0.482 e. The van der Waals surface area contributed by atoms with Gasteiger partial charge in [0.25, 0.3) is 0 Å². The first-order valence-electron chi connectivity index (χ1n) is 6.95. The highest BCUT2D eigenvalue weighted by Gasteiger charge is 2.12. The van der Waals surface area contributed by atoms with E-state index in [-0.39, 0.29) is 17.9 Å². The molecule has 0 heterocycles. The van der Waals surface area contributed by atoms with Crippen molar-refractivity contribution in [2.24, 2.45) is 0 Å². The molecule has 0 spiro atoms. The highest BCUT2D eigenvalue weighted by atomic mass is 79.9. The van der Waals surface area contributed by atoms with Crippen LogP contribution in [0.4, 0.5) is 0 Å². The van der Waals surface area contributed by atoms with Crippen LogP contribution >= 0.6 is 15.9 Å². The molecule has 0 saturated heterocycles. The van der Waals surface area contributed by atoms with E-state index < -0.39 is 11.9 Å². The quantitative estimate of drug-likeness (QED) is 0.612. The monoisotopic (exact) mass is 378 g/mol. The average molecular weight is 379 g/mol. The number of esters is 1. The Labute approximate surface area is 142 Å². The second kappa shape index (κ2) is 7.78. The summed E-state index contributed by atoms with van der Waals surface area (Å²) >= 11 is 3.18. The number of ether oxygens (including phenoxy) is 2. The Morgan fingerprint density at radius 1 is 1.17 bits per heavy atom. The summed E-state index contributed by atoms with van der Waals surface area (Å²) in [6.45, 7) is 1.80. The number of carbonyl (C=O) groups excluding carboxylic acids is 1. The van der Waals surface area contributed by atoms with E-state index in [0.717, 1.165) is 12.0 Å². The van der Waals surface area contributed by atoms with Gasteiger partial charge in [-0.1, -0.05) is 19.1 Å². The molecule has 1 N–H and O–H groups in total. The predicted octanol–water partition coefficient (Wildman–Crippen LogP) is 3.69. The van der Waals surface area contributed by atoms with Gasteiger partial charge in [0.15, 0.2) is 6.61 Å². The second-order valence-electron chi connectivity index (χ2n) is 4.71. The Bertz CT molecular complexity index is 727. The molecule has 6 heteroatoms. The molecule has 0 radical (unpaired) electrons. The molecule has 0 unspecified atom stereocenters. The van der Waals surface area contributed by atoms with Crippen molar-refractivity contribution in [3.05, 3.63) is 58.1 Å². The maximum Gasteiger partial charge on any atom is 0.349 e. The van der Waals surface area contributed by atoms with Crippen LogP contribution in [-0.2, 0) is 11.2 Å². The number of rotatable bonds is 6. The Morgan fingerprint density at radius 2 is 1.96 bits per heavy atom. The molecule has 0 aromatic heterocycles. The summed E-state index contributed by atoms with van der Waals surface area (Å²) < 4.78 is 10.9. The van der Waals surface area contributed by atoms with Gasteiger partial charge in [-0.25, -0.2) is 9.59 Å². The van der Waals surface area contributed by atoms with Gasteiger partial charge >= 0.3 is 11.9 Å². The number of carboxylic acids is 1. The number of aryl methyl sites for hydroxylation is 1. The summed E-state index contributed by atoms with van der Waals surface area (Å²) in [6.07, 6.45) is 0.879. The first-order valence-corrected chi connectivity index (χ1v) is 7.74. The molecular weight excluding hydrogens is 364 g/mol. The van der Waals surface area contributed by atoms with E-state index in [4.69, 9.17) is 14.6 Å². The van der Waals surface area contributed by atoms with Gasteiger partial charge in [-0.15, -0.1) is 0 Å². The minimum absolute atomic E-state index is 0.101.